The lowest BCUT2D eigenvalue weighted by Gasteiger charge is -2.36. The second-order valence-corrected chi connectivity index (χ2v) is 12.3. The maximum absolute atomic E-state index is 13.8. The lowest BCUT2D eigenvalue weighted by molar-refractivity contribution is -0.143. The molecule has 0 radical (unpaired) electrons. The van der Waals surface area contributed by atoms with E-state index in [1.807, 2.05) is 58.0 Å². The quantitative estimate of drug-likeness (QED) is 0.359. The Hall–Kier alpha value is -3.43. The number of hydrogen-bond donors (Lipinski definition) is 3. The molecule has 1 aromatic carbocycles. The van der Waals surface area contributed by atoms with Crippen LogP contribution in [0.5, 0.6) is 0 Å². The summed E-state index contributed by atoms with van der Waals surface area (Å²) in [5, 5.41) is 8.07. The molecule has 4 atom stereocenters. The van der Waals surface area contributed by atoms with E-state index in [2.05, 4.69) is 16.0 Å². The van der Waals surface area contributed by atoms with Crippen LogP contribution in [0, 0.1) is 17.3 Å². The topological polar surface area (TPSA) is 134 Å². The Morgan fingerprint density at radius 3 is 2.30 bits per heavy atom. The van der Waals surface area contributed by atoms with E-state index in [9.17, 15) is 24.0 Å². The molecule has 0 aromatic heterocycles. The fraction of sp³-hybridized carbons (Fsp3) is 0.633. The number of benzene rings is 1. The number of amides is 4. The van der Waals surface area contributed by atoms with Crippen molar-refractivity contribution in [2.45, 2.75) is 91.5 Å². The number of hydrogen-bond acceptors (Lipinski definition) is 6. The molecule has 1 saturated heterocycles. The molecule has 10 heteroatoms. The van der Waals surface area contributed by atoms with E-state index in [1.165, 1.54) is 11.8 Å². The summed E-state index contributed by atoms with van der Waals surface area (Å²) < 4.78 is 5.19. The number of nitrogens with one attached hydrogen (secondary N) is 3. The van der Waals surface area contributed by atoms with Gasteiger partial charge in [0.05, 0.1) is 6.04 Å². The van der Waals surface area contributed by atoms with E-state index >= 15 is 0 Å². The normalized spacial score (nSPS) is 20.6. The number of urea groups is 1. The number of likely N-dealkylation sites (tertiary alicyclic amines) is 1. The molecule has 3 rings (SSSR count). The highest BCUT2D eigenvalue weighted by Crippen LogP contribution is 2.31. The molecule has 1 heterocycles. The summed E-state index contributed by atoms with van der Waals surface area (Å²) in [6.07, 6.45) is 4.38. The van der Waals surface area contributed by atoms with E-state index in [0.717, 1.165) is 24.8 Å². The van der Waals surface area contributed by atoms with Crippen LogP contribution in [0.25, 0.3) is 0 Å². The van der Waals surface area contributed by atoms with Crippen molar-refractivity contribution in [3.63, 3.8) is 0 Å². The number of carbonyl (C=O) groups excluding carboxylic acids is 5. The van der Waals surface area contributed by atoms with Crippen LogP contribution in [0.2, 0.25) is 0 Å². The molecule has 4 amide bonds. The van der Waals surface area contributed by atoms with Crippen molar-refractivity contribution in [1.29, 1.82) is 0 Å². The predicted molar refractivity (Wildman–Crippen MR) is 150 cm³/mol. The van der Waals surface area contributed by atoms with Gasteiger partial charge in [-0.2, -0.15) is 0 Å². The summed E-state index contributed by atoms with van der Waals surface area (Å²) in [6.45, 7) is 9.02. The van der Waals surface area contributed by atoms with Crippen molar-refractivity contribution >= 4 is 29.6 Å². The second kappa shape index (κ2) is 13.8. The number of carbonyl (C=O) groups is 5. The summed E-state index contributed by atoms with van der Waals surface area (Å²) in [4.78, 5) is 65.7. The molecule has 3 N–H and O–H groups in total. The molecule has 1 aliphatic heterocycles. The van der Waals surface area contributed by atoms with E-state index in [4.69, 9.17) is 4.74 Å². The zero-order chi connectivity index (χ0) is 29.4. The summed E-state index contributed by atoms with van der Waals surface area (Å²) in [5.41, 5.74) is 0.149. The Bertz CT molecular complexity index is 1070. The highest BCUT2D eigenvalue weighted by atomic mass is 16.5. The molecule has 40 heavy (non-hydrogen) atoms. The van der Waals surface area contributed by atoms with Crippen molar-refractivity contribution in [1.82, 2.24) is 20.9 Å². The largest absolute Gasteiger partial charge is 0.460 e. The molecule has 0 bridgehead atoms. The van der Waals surface area contributed by atoms with E-state index in [1.54, 1.807) is 0 Å². The third-order valence-corrected chi connectivity index (χ3v) is 7.72. The van der Waals surface area contributed by atoms with Crippen molar-refractivity contribution in [3.05, 3.63) is 35.9 Å². The van der Waals surface area contributed by atoms with Gasteiger partial charge >= 0.3 is 12.0 Å². The standard InChI is InChI=1S/C30H44N4O6/c1-19-14-24(27(37)32-23(20(2)35)15-21-12-9-13-21)34(17-19)28(38)26(30(3,4)5)33-29(39)31-16-25(36)40-18-22-10-7-6-8-11-22/h6-8,10-11,19,21,23-24,26H,9,12-18H2,1-5H3,(H,32,37)(H2,31,33,39)/t19-,23?,24?,26?/m1/s1. The van der Waals surface area contributed by atoms with Gasteiger partial charge in [-0.05, 0) is 42.6 Å². The summed E-state index contributed by atoms with van der Waals surface area (Å²) in [6, 6.07) is 6.27. The first-order valence-electron chi connectivity index (χ1n) is 14.2. The van der Waals surface area contributed by atoms with Gasteiger partial charge in [0.2, 0.25) is 11.8 Å². The van der Waals surface area contributed by atoms with Crippen LogP contribution in [0.4, 0.5) is 4.79 Å². The number of nitrogens with zero attached hydrogens (tertiary/aromatic N) is 1. The smallest absolute Gasteiger partial charge is 0.325 e. The molecule has 2 fully saturated rings. The van der Waals surface area contributed by atoms with Gasteiger partial charge in [0, 0.05) is 6.54 Å². The van der Waals surface area contributed by atoms with Crippen LogP contribution in [0.1, 0.15) is 72.3 Å². The van der Waals surface area contributed by atoms with Gasteiger partial charge in [-0.25, -0.2) is 4.79 Å². The highest BCUT2D eigenvalue weighted by molar-refractivity contribution is 5.95. The Kier molecular flexibility index (Phi) is 10.7. The fourth-order valence-electron chi connectivity index (χ4n) is 5.13. The summed E-state index contributed by atoms with van der Waals surface area (Å²) in [7, 11) is 0. The Balaban J connectivity index is 1.60. The maximum Gasteiger partial charge on any atom is 0.325 e. The van der Waals surface area contributed by atoms with Crippen LogP contribution in [-0.2, 0) is 30.5 Å². The number of rotatable bonds is 11. The minimum absolute atomic E-state index is 0.0796. The first-order valence-corrected chi connectivity index (χ1v) is 14.2. The number of Topliss-reactive ketones (excluding diaryl/α,β-unsaturated/α-hetero) is 1. The fourth-order valence-corrected chi connectivity index (χ4v) is 5.13. The van der Waals surface area contributed by atoms with Gasteiger partial charge in [-0.1, -0.05) is 77.3 Å². The monoisotopic (exact) mass is 556 g/mol. The number of ether oxygens (including phenoxy) is 1. The molecule has 10 nitrogen and oxygen atoms in total. The predicted octanol–water partition coefficient (Wildman–Crippen LogP) is 2.94. The Morgan fingerprint density at radius 1 is 1.05 bits per heavy atom. The van der Waals surface area contributed by atoms with Gasteiger partial charge in [0.15, 0.2) is 5.78 Å². The second-order valence-electron chi connectivity index (χ2n) is 12.3. The van der Waals surface area contributed by atoms with Gasteiger partial charge in [0.25, 0.3) is 0 Å². The Labute approximate surface area is 237 Å². The van der Waals surface area contributed by atoms with Gasteiger partial charge in [-0.15, -0.1) is 0 Å². The molecule has 3 unspecified atom stereocenters. The molecule has 1 aliphatic carbocycles. The van der Waals surface area contributed by atoms with Gasteiger partial charge in [-0.3, -0.25) is 19.2 Å². The Morgan fingerprint density at radius 2 is 1.73 bits per heavy atom. The van der Waals surface area contributed by atoms with Crippen molar-refractivity contribution in [3.8, 4) is 0 Å². The third-order valence-electron chi connectivity index (χ3n) is 7.72. The SMILES string of the molecule is CC(=O)C(CC1CCC1)NC(=O)C1C[C@@H](C)CN1C(=O)C(NC(=O)NCC(=O)OCc1ccccc1)C(C)(C)C. The van der Waals surface area contributed by atoms with Crippen LogP contribution < -0.4 is 16.0 Å². The molecular formula is C30H44N4O6. The summed E-state index contributed by atoms with van der Waals surface area (Å²) >= 11 is 0. The van der Waals surface area contributed by atoms with Gasteiger partial charge < -0.3 is 25.6 Å². The molecular weight excluding hydrogens is 512 g/mol. The van der Waals surface area contributed by atoms with Crippen LogP contribution >= 0.6 is 0 Å². The zero-order valence-electron chi connectivity index (χ0n) is 24.3. The lowest BCUT2D eigenvalue weighted by Crippen LogP contribution is -2.60. The molecule has 1 saturated carbocycles. The van der Waals surface area contributed by atoms with Crippen LogP contribution in [0.15, 0.2) is 30.3 Å². The molecule has 220 valence electrons. The van der Waals surface area contributed by atoms with Crippen molar-refractivity contribution < 1.29 is 28.7 Å². The van der Waals surface area contributed by atoms with Gasteiger partial charge in [0.1, 0.15) is 25.2 Å². The minimum atomic E-state index is -0.952. The molecule has 0 spiro atoms. The molecule has 1 aromatic rings. The third kappa shape index (κ3) is 8.79. The van der Waals surface area contributed by atoms with Crippen molar-refractivity contribution in [2.24, 2.45) is 17.3 Å². The zero-order valence-corrected chi connectivity index (χ0v) is 24.3. The number of esters is 1. The first kappa shape index (κ1) is 31.1. The minimum Gasteiger partial charge on any atom is -0.460 e. The van der Waals surface area contributed by atoms with E-state index in [-0.39, 0.29) is 36.7 Å². The van der Waals surface area contributed by atoms with Crippen LogP contribution in [-0.4, -0.2) is 65.7 Å². The van der Waals surface area contributed by atoms with E-state index < -0.39 is 35.5 Å². The maximum atomic E-state index is 13.8. The average Bonchev–Trinajstić information content (AvgIpc) is 3.27. The van der Waals surface area contributed by atoms with Crippen molar-refractivity contribution in [2.75, 3.05) is 13.1 Å². The lowest BCUT2D eigenvalue weighted by atomic mass is 9.80. The van der Waals surface area contributed by atoms with Crippen LogP contribution in [0.3, 0.4) is 0 Å². The highest BCUT2D eigenvalue weighted by Gasteiger charge is 2.44. The molecule has 2 aliphatic rings. The summed E-state index contributed by atoms with van der Waals surface area (Å²) in [5.74, 6) is -0.885. The average molecular weight is 557 g/mol. The first-order chi connectivity index (χ1) is 18.8. The van der Waals surface area contributed by atoms with E-state index in [0.29, 0.717) is 25.3 Å². The number of ketones is 1.